The van der Waals surface area contributed by atoms with E-state index in [1.165, 1.54) is 0 Å². The van der Waals surface area contributed by atoms with Gasteiger partial charge in [0.15, 0.2) is 0 Å². The number of benzene rings is 3. The minimum Gasteiger partial charge on any atom is -0.508 e. The van der Waals surface area contributed by atoms with Gasteiger partial charge in [-0.3, -0.25) is 0 Å². The third-order valence-electron chi connectivity index (χ3n) is 3.26. The zero-order chi connectivity index (χ0) is 13.9. The van der Waals surface area contributed by atoms with E-state index in [1.54, 1.807) is 24.3 Å². The minimum atomic E-state index is 0.253. The van der Waals surface area contributed by atoms with Crippen molar-refractivity contribution in [3.8, 4) is 33.8 Å². The minimum absolute atomic E-state index is 0.253. The van der Waals surface area contributed by atoms with Crippen LogP contribution in [0.1, 0.15) is 0 Å². The summed E-state index contributed by atoms with van der Waals surface area (Å²) in [6.07, 6.45) is 0. The zero-order valence-corrected chi connectivity index (χ0v) is 10.8. The average Bonchev–Trinajstić information content (AvgIpc) is 2.48. The van der Waals surface area contributed by atoms with Crippen LogP contribution < -0.4 is 0 Å². The Morgan fingerprint density at radius 3 is 1.80 bits per heavy atom. The van der Waals surface area contributed by atoms with Gasteiger partial charge < -0.3 is 10.2 Å². The molecule has 98 valence electrons. The Morgan fingerprint density at radius 1 is 0.500 bits per heavy atom. The van der Waals surface area contributed by atoms with E-state index in [2.05, 4.69) is 0 Å². The highest BCUT2D eigenvalue weighted by molar-refractivity contribution is 5.83. The summed E-state index contributed by atoms with van der Waals surface area (Å²) in [5.41, 5.74) is 4.11. The normalized spacial score (nSPS) is 10.4. The molecule has 0 aliphatic heterocycles. The molecule has 2 N–H and O–H groups in total. The smallest absolute Gasteiger partial charge is 0.116 e. The summed E-state index contributed by atoms with van der Waals surface area (Å²) in [6.45, 7) is 0. The van der Waals surface area contributed by atoms with Crippen molar-refractivity contribution in [1.29, 1.82) is 0 Å². The van der Waals surface area contributed by atoms with Crippen LogP contribution in [0.2, 0.25) is 0 Å². The summed E-state index contributed by atoms with van der Waals surface area (Å²) >= 11 is 0. The van der Waals surface area contributed by atoms with Crippen LogP contribution in [-0.2, 0) is 0 Å². The van der Waals surface area contributed by atoms with Gasteiger partial charge in [0.2, 0.25) is 0 Å². The van der Waals surface area contributed by atoms with E-state index in [1.807, 2.05) is 48.5 Å². The molecule has 3 rings (SSSR count). The summed E-state index contributed by atoms with van der Waals surface area (Å²) in [5, 5.41) is 19.0. The maximum absolute atomic E-state index is 9.64. The van der Waals surface area contributed by atoms with Gasteiger partial charge in [0, 0.05) is 0 Å². The molecule has 3 aromatic rings. The summed E-state index contributed by atoms with van der Waals surface area (Å²) < 4.78 is 0. The van der Waals surface area contributed by atoms with Gasteiger partial charge in [-0.05, 0) is 46.5 Å². The number of rotatable bonds is 2. The second kappa shape index (κ2) is 5.10. The van der Waals surface area contributed by atoms with Crippen LogP contribution in [0.25, 0.3) is 22.3 Å². The van der Waals surface area contributed by atoms with Gasteiger partial charge >= 0.3 is 0 Å². The average molecular weight is 262 g/mol. The van der Waals surface area contributed by atoms with Crippen molar-refractivity contribution < 1.29 is 10.2 Å². The van der Waals surface area contributed by atoms with Gasteiger partial charge in [0.1, 0.15) is 11.5 Å². The van der Waals surface area contributed by atoms with Crippen molar-refractivity contribution in [2.45, 2.75) is 0 Å². The number of phenolic OH excluding ortho intramolecular Hbond substituents is 2. The predicted molar refractivity (Wildman–Crippen MR) is 80.6 cm³/mol. The SMILES string of the molecule is Oc1ccc(-c2ccccc2-c2cccc(O)c2)cc1. The second-order valence-electron chi connectivity index (χ2n) is 4.64. The topological polar surface area (TPSA) is 40.5 Å². The Kier molecular flexibility index (Phi) is 3.13. The van der Waals surface area contributed by atoms with Gasteiger partial charge in [-0.25, -0.2) is 0 Å². The lowest BCUT2D eigenvalue weighted by molar-refractivity contribution is 0.475. The van der Waals surface area contributed by atoms with Crippen molar-refractivity contribution in [3.05, 3.63) is 72.8 Å². The molecule has 0 heterocycles. The lowest BCUT2D eigenvalue weighted by atomic mass is 9.94. The van der Waals surface area contributed by atoms with E-state index in [0.29, 0.717) is 0 Å². The zero-order valence-electron chi connectivity index (χ0n) is 10.8. The number of phenols is 2. The number of hydrogen-bond donors (Lipinski definition) is 2. The monoisotopic (exact) mass is 262 g/mol. The van der Waals surface area contributed by atoms with Crippen LogP contribution >= 0.6 is 0 Å². The molecule has 0 saturated carbocycles. The molecule has 0 bridgehead atoms. The first-order valence-corrected chi connectivity index (χ1v) is 6.42. The lowest BCUT2D eigenvalue weighted by Crippen LogP contribution is -1.84. The summed E-state index contributed by atoms with van der Waals surface area (Å²) in [7, 11) is 0. The van der Waals surface area contributed by atoms with Gasteiger partial charge in [0.25, 0.3) is 0 Å². The molecule has 0 amide bonds. The molecule has 2 nitrogen and oxygen atoms in total. The van der Waals surface area contributed by atoms with E-state index in [0.717, 1.165) is 22.3 Å². The third kappa shape index (κ3) is 2.36. The summed E-state index contributed by atoms with van der Waals surface area (Å²) in [4.78, 5) is 0. The van der Waals surface area contributed by atoms with Crippen LogP contribution in [-0.4, -0.2) is 10.2 Å². The van der Waals surface area contributed by atoms with Crippen LogP contribution in [0.3, 0.4) is 0 Å². The molecule has 3 aromatic carbocycles. The highest BCUT2D eigenvalue weighted by atomic mass is 16.3. The first-order valence-electron chi connectivity index (χ1n) is 6.42. The van der Waals surface area contributed by atoms with E-state index in [9.17, 15) is 10.2 Å². The van der Waals surface area contributed by atoms with E-state index >= 15 is 0 Å². The highest BCUT2D eigenvalue weighted by Crippen LogP contribution is 2.33. The molecule has 0 saturated heterocycles. The van der Waals surface area contributed by atoms with Gasteiger partial charge in [0.05, 0.1) is 0 Å². The van der Waals surface area contributed by atoms with Crippen LogP contribution in [0, 0.1) is 0 Å². The Morgan fingerprint density at radius 2 is 1.15 bits per heavy atom. The molecular weight excluding hydrogens is 248 g/mol. The van der Waals surface area contributed by atoms with E-state index < -0.39 is 0 Å². The standard InChI is InChI=1S/C18H14O2/c19-15-10-8-13(9-11-15)17-6-1-2-7-18(17)14-4-3-5-16(20)12-14/h1-12,19-20H. The van der Waals surface area contributed by atoms with Gasteiger partial charge in [-0.15, -0.1) is 0 Å². The fourth-order valence-corrected chi connectivity index (χ4v) is 2.30. The first-order chi connectivity index (χ1) is 9.74. The largest absolute Gasteiger partial charge is 0.508 e. The molecule has 0 atom stereocenters. The van der Waals surface area contributed by atoms with Crippen molar-refractivity contribution in [1.82, 2.24) is 0 Å². The quantitative estimate of drug-likeness (QED) is 0.717. The van der Waals surface area contributed by atoms with Crippen molar-refractivity contribution >= 4 is 0 Å². The Bertz CT molecular complexity index is 730. The second-order valence-corrected chi connectivity index (χ2v) is 4.64. The highest BCUT2D eigenvalue weighted by Gasteiger charge is 2.07. The third-order valence-corrected chi connectivity index (χ3v) is 3.26. The van der Waals surface area contributed by atoms with Crippen LogP contribution in [0.15, 0.2) is 72.8 Å². The van der Waals surface area contributed by atoms with Crippen LogP contribution in [0.5, 0.6) is 11.5 Å². The molecule has 0 aromatic heterocycles. The lowest BCUT2D eigenvalue weighted by Gasteiger charge is -2.10. The van der Waals surface area contributed by atoms with Crippen molar-refractivity contribution in [3.63, 3.8) is 0 Å². The molecule has 20 heavy (non-hydrogen) atoms. The fourth-order valence-electron chi connectivity index (χ4n) is 2.30. The predicted octanol–water partition coefficient (Wildman–Crippen LogP) is 4.43. The molecule has 0 aliphatic rings. The molecule has 0 aliphatic carbocycles. The molecule has 0 spiro atoms. The molecule has 0 fully saturated rings. The number of hydrogen-bond acceptors (Lipinski definition) is 2. The fraction of sp³-hybridized carbons (Fsp3) is 0. The Hall–Kier alpha value is -2.74. The summed E-state index contributed by atoms with van der Waals surface area (Å²) in [6, 6.07) is 22.3. The first kappa shape index (κ1) is 12.3. The van der Waals surface area contributed by atoms with Gasteiger partial charge in [-0.2, -0.15) is 0 Å². The van der Waals surface area contributed by atoms with Crippen molar-refractivity contribution in [2.75, 3.05) is 0 Å². The van der Waals surface area contributed by atoms with E-state index in [-0.39, 0.29) is 11.5 Å². The maximum Gasteiger partial charge on any atom is 0.116 e. The Balaban J connectivity index is 2.16. The van der Waals surface area contributed by atoms with Gasteiger partial charge in [-0.1, -0.05) is 48.5 Å². The Labute approximate surface area is 117 Å². The maximum atomic E-state index is 9.64. The summed E-state index contributed by atoms with van der Waals surface area (Å²) in [5.74, 6) is 0.506. The molecular formula is C18H14O2. The van der Waals surface area contributed by atoms with Crippen molar-refractivity contribution in [2.24, 2.45) is 0 Å². The van der Waals surface area contributed by atoms with E-state index in [4.69, 9.17) is 0 Å². The molecule has 2 heteroatoms. The molecule has 0 unspecified atom stereocenters. The molecule has 0 radical (unpaired) electrons. The van der Waals surface area contributed by atoms with Crippen LogP contribution in [0.4, 0.5) is 0 Å². The number of aromatic hydroxyl groups is 2.